The molecule has 0 bridgehead atoms. The van der Waals surface area contributed by atoms with Crippen molar-refractivity contribution in [2.24, 2.45) is 5.92 Å². The van der Waals surface area contributed by atoms with E-state index >= 15 is 0 Å². The molecule has 0 saturated carbocycles. The lowest BCUT2D eigenvalue weighted by Gasteiger charge is -2.31. The van der Waals surface area contributed by atoms with Gasteiger partial charge in [0.25, 0.3) is 0 Å². The summed E-state index contributed by atoms with van der Waals surface area (Å²) in [6.07, 6.45) is 3.67. The highest BCUT2D eigenvalue weighted by Gasteiger charge is 2.29. The lowest BCUT2D eigenvalue weighted by molar-refractivity contribution is 0.469. The third-order valence-electron chi connectivity index (χ3n) is 6.12. The van der Waals surface area contributed by atoms with Gasteiger partial charge in [-0.2, -0.15) is 0 Å². The molecule has 1 aromatic carbocycles. The molecule has 0 radical (unpaired) electrons. The molecule has 6 heteroatoms. The van der Waals surface area contributed by atoms with Crippen LogP contribution in [0.1, 0.15) is 29.8 Å². The number of nitrogen functional groups attached to an aromatic ring is 1. The Kier molecular flexibility index (Phi) is 4.69. The maximum Gasteiger partial charge on any atom is 0.0884 e. The van der Waals surface area contributed by atoms with Crippen LogP contribution in [0.25, 0.3) is 5.70 Å². The number of fused-ring (bicyclic) bond motifs is 1. The number of hydrogen-bond acceptors (Lipinski definition) is 6. The van der Waals surface area contributed by atoms with Gasteiger partial charge in [0.15, 0.2) is 0 Å². The van der Waals surface area contributed by atoms with Crippen molar-refractivity contribution < 1.29 is 0 Å². The Morgan fingerprint density at radius 2 is 1.86 bits per heavy atom. The number of likely N-dealkylation sites (tertiary alicyclic amines) is 1. The van der Waals surface area contributed by atoms with Crippen molar-refractivity contribution in [1.82, 2.24) is 10.2 Å². The molecule has 2 saturated heterocycles. The number of anilines is 3. The highest BCUT2D eigenvalue weighted by atomic mass is 32.1. The Balaban J connectivity index is 1.43. The summed E-state index contributed by atoms with van der Waals surface area (Å²) in [6, 6.07) is 11.4. The van der Waals surface area contributed by atoms with Crippen LogP contribution in [0.4, 0.5) is 16.4 Å². The molecular formula is C22H29N5S. The molecule has 2 atom stereocenters. The smallest absolute Gasteiger partial charge is 0.0884 e. The van der Waals surface area contributed by atoms with Crippen LogP contribution >= 0.6 is 11.3 Å². The second kappa shape index (κ2) is 7.33. The van der Waals surface area contributed by atoms with Crippen molar-refractivity contribution in [2.45, 2.75) is 19.4 Å². The summed E-state index contributed by atoms with van der Waals surface area (Å²) in [5, 5.41) is 8.00. The number of nitrogens with zero attached hydrogens (tertiary/aromatic N) is 2. The molecule has 0 aliphatic carbocycles. The number of benzene rings is 1. The minimum absolute atomic E-state index is 0.185. The van der Waals surface area contributed by atoms with Gasteiger partial charge in [0, 0.05) is 45.0 Å². The van der Waals surface area contributed by atoms with Crippen LogP contribution in [-0.4, -0.2) is 44.2 Å². The number of nitrogens with two attached hydrogens (primary N) is 1. The Bertz CT molecular complexity index is 866. The first-order chi connectivity index (χ1) is 13.7. The molecule has 2 fully saturated rings. The molecule has 148 valence electrons. The van der Waals surface area contributed by atoms with E-state index in [1.807, 2.05) is 0 Å². The summed E-state index contributed by atoms with van der Waals surface area (Å²) in [5.41, 5.74) is 11.3. The van der Waals surface area contributed by atoms with Crippen molar-refractivity contribution in [3.8, 4) is 0 Å². The molecule has 0 spiro atoms. The van der Waals surface area contributed by atoms with Crippen molar-refractivity contribution in [2.75, 3.05) is 55.2 Å². The van der Waals surface area contributed by atoms with Gasteiger partial charge in [-0.25, -0.2) is 0 Å². The lowest BCUT2D eigenvalue weighted by Crippen LogP contribution is -2.43. The second-order valence-electron chi connectivity index (χ2n) is 8.23. The molecule has 5 rings (SSSR count). The molecule has 1 aromatic heterocycles. The van der Waals surface area contributed by atoms with E-state index in [1.54, 1.807) is 11.3 Å². The fourth-order valence-electron chi connectivity index (χ4n) is 4.55. The maximum atomic E-state index is 6.16. The largest absolute Gasteiger partial charge is 0.391 e. The van der Waals surface area contributed by atoms with Crippen LogP contribution in [0.15, 0.2) is 36.4 Å². The zero-order valence-electron chi connectivity index (χ0n) is 16.4. The van der Waals surface area contributed by atoms with E-state index in [-0.39, 0.29) is 6.04 Å². The van der Waals surface area contributed by atoms with Gasteiger partial charge in [0.2, 0.25) is 0 Å². The summed E-state index contributed by atoms with van der Waals surface area (Å²) >= 11 is 1.70. The highest BCUT2D eigenvalue weighted by molar-refractivity contribution is 7.17. The highest BCUT2D eigenvalue weighted by Crippen LogP contribution is 2.44. The van der Waals surface area contributed by atoms with Crippen molar-refractivity contribution in [3.63, 3.8) is 0 Å². The van der Waals surface area contributed by atoms with E-state index < -0.39 is 0 Å². The van der Waals surface area contributed by atoms with E-state index in [0.717, 1.165) is 50.2 Å². The van der Waals surface area contributed by atoms with Gasteiger partial charge < -0.3 is 26.2 Å². The van der Waals surface area contributed by atoms with Crippen molar-refractivity contribution in [1.29, 1.82) is 0 Å². The van der Waals surface area contributed by atoms with Crippen LogP contribution in [0.5, 0.6) is 0 Å². The number of thiophene rings is 1. The van der Waals surface area contributed by atoms with E-state index in [9.17, 15) is 0 Å². The maximum absolute atomic E-state index is 6.16. The number of nitrogens with one attached hydrogen (secondary N) is 2. The summed E-state index contributed by atoms with van der Waals surface area (Å²) < 4.78 is 0. The first-order valence-corrected chi connectivity index (χ1v) is 11.2. The van der Waals surface area contributed by atoms with Crippen molar-refractivity contribution >= 4 is 33.4 Å². The van der Waals surface area contributed by atoms with E-state index in [1.165, 1.54) is 33.9 Å². The van der Waals surface area contributed by atoms with Gasteiger partial charge in [0.1, 0.15) is 0 Å². The van der Waals surface area contributed by atoms with E-state index in [4.69, 9.17) is 5.73 Å². The van der Waals surface area contributed by atoms with Gasteiger partial charge in [-0.3, -0.25) is 0 Å². The predicted octanol–water partition coefficient (Wildman–Crippen LogP) is 3.59. The first kappa shape index (κ1) is 17.9. The molecule has 5 nitrogen and oxygen atoms in total. The summed E-state index contributed by atoms with van der Waals surface area (Å²) in [4.78, 5) is 6.29. The van der Waals surface area contributed by atoms with Crippen molar-refractivity contribution in [3.05, 3.63) is 46.8 Å². The fraction of sp³-hybridized carbons (Fsp3) is 0.455. The fourth-order valence-corrected chi connectivity index (χ4v) is 5.49. The van der Waals surface area contributed by atoms with E-state index in [0.29, 0.717) is 0 Å². The zero-order chi connectivity index (χ0) is 19.1. The van der Waals surface area contributed by atoms with E-state index in [2.05, 4.69) is 63.8 Å². The first-order valence-electron chi connectivity index (χ1n) is 10.4. The molecule has 2 aromatic rings. The predicted molar refractivity (Wildman–Crippen MR) is 120 cm³/mol. The SMILES string of the molecule is CC1CCN(C2=CC(c3ccc(N4CCNCC4)cc3)Nc3cc(N)sc32)C1. The molecule has 2 unspecified atom stereocenters. The van der Waals surface area contributed by atoms with Gasteiger partial charge in [0.05, 0.1) is 27.3 Å². The average Bonchev–Trinajstić information content (AvgIpc) is 3.32. The number of rotatable bonds is 3. The second-order valence-corrected chi connectivity index (χ2v) is 9.32. The normalized spacial score (nSPS) is 24.7. The summed E-state index contributed by atoms with van der Waals surface area (Å²) in [6.45, 7) is 8.91. The monoisotopic (exact) mass is 395 g/mol. The molecule has 0 amide bonds. The Labute approximate surface area is 171 Å². The Hall–Kier alpha value is -2.18. The molecule has 3 aliphatic heterocycles. The molecule has 28 heavy (non-hydrogen) atoms. The number of piperazine rings is 1. The van der Waals surface area contributed by atoms with Gasteiger partial charge in [-0.1, -0.05) is 19.1 Å². The number of hydrogen-bond donors (Lipinski definition) is 3. The standard InChI is InChI=1S/C22H29N5S/c1-15-6-9-27(14-15)20-12-18(25-19-13-21(23)28-22(19)20)16-2-4-17(5-3-16)26-10-7-24-8-11-26/h2-5,12-13,15,18,24-25H,6-11,14,23H2,1H3. The van der Waals surface area contributed by atoms with Gasteiger partial charge in [-0.15, -0.1) is 11.3 Å². The quantitative estimate of drug-likeness (QED) is 0.742. The van der Waals surface area contributed by atoms with Crippen LogP contribution in [0.2, 0.25) is 0 Å². The molecule has 4 N–H and O–H groups in total. The minimum Gasteiger partial charge on any atom is -0.391 e. The minimum atomic E-state index is 0.185. The lowest BCUT2D eigenvalue weighted by atomic mass is 10.0. The van der Waals surface area contributed by atoms with Crippen LogP contribution < -0.4 is 21.3 Å². The summed E-state index contributed by atoms with van der Waals surface area (Å²) in [5.74, 6) is 0.758. The van der Waals surface area contributed by atoms with Crippen LogP contribution in [0.3, 0.4) is 0 Å². The Morgan fingerprint density at radius 1 is 1.07 bits per heavy atom. The molecule has 4 heterocycles. The van der Waals surface area contributed by atoms with Gasteiger partial charge in [-0.05, 0) is 42.2 Å². The average molecular weight is 396 g/mol. The third-order valence-corrected chi connectivity index (χ3v) is 7.10. The summed E-state index contributed by atoms with van der Waals surface area (Å²) in [7, 11) is 0. The van der Waals surface area contributed by atoms with Crippen LogP contribution in [0, 0.1) is 5.92 Å². The Morgan fingerprint density at radius 3 is 2.57 bits per heavy atom. The van der Waals surface area contributed by atoms with Gasteiger partial charge >= 0.3 is 0 Å². The molecule has 3 aliphatic rings. The third kappa shape index (κ3) is 3.35. The topological polar surface area (TPSA) is 56.6 Å². The zero-order valence-corrected chi connectivity index (χ0v) is 17.3. The molecular weight excluding hydrogens is 366 g/mol. The van der Waals surface area contributed by atoms with Crippen LogP contribution in [-0.2, 0) is 0 Å².